The Labute approximate surface area is 134 Å². The molecule has 120 valence electrons. The van der Waals surface area contributed by atoms with Gasteiger partial charge in [0, 0.05) is 0 Å². The first-order valence-corrected chi connectivity index (χ1v) is 7.09. The molecule has 2 aromatic rings. The van der Waals surface area contributed by atoms with Gasteiger partial charge in [-0.05, 0) is 48.9 Å². The van der Waals surface area contributed by atoms with Crippen LogP contribution in [0.2, 0.25) is 0 Å². The Kier molecular flexibility index (Phi) is 5.57. The number of phenolic OH excluding ortho intramolecular Hbond substituents is 1. The van der Waals surface area contributed by atoms with Crippen LogP contribution in [0.15, 0.2) is 53.6 Å². The second kappa shape index (κ2) is 7.84. The Hall–Kier alpha value is -3.02. The van der Waals surface area contributed by atoms with Crippen LogP contribution in [0.3, 0.4) is 0 Å². The van der Waals surface area contributed by atoms with E-state index in [4.69, 9.17) is 4.74 Å². The van der Waals surface area contributed by atoms with Gasteiger partial charge in [-0.25, -0.2) is 5.43 Å². The summed E-state index contributed by atoms with van der Waals surface area (Å²) in [6.07, 6.45) is 0. The first kappa shape index (κ1) is 16.4. The lowest BCUT2D eigenvalue weighted by atomic mass is 10.1. The summed E-state index contributed by atoms with van der Waals surface area (Å²) in [5.74, 6) is 0.588. The molecule has 0 saturated heterocycles. The molecule has 0 heterocycles. The SMILES string of the molecule is COc1ccccc1NCC(=O)N/N=C(/C)c1ccc(O)cc1. The number of rotatable bonds is 6. The molecule has 0 radical (unpaired) electrons. The van der Waals surface area contributed by atoms with Crippen LogP contribution in [-0.4, -0.2) is 30.4 Å². The zero-order valence-corrected chi connectivity index (χ0v) is 13.0. The third-order valence-electron chi connectivity index (χ3n) is 3.18. The highest BCUT2D eigenvalue weighted by Crippen LogP contribution is 2.22. The summed E-state index contributed by atoms with van der Waals surface area (Å²) >= 11 is 0. The number of hydrogen-bond acceptors (Lipinski definition) is 5. The van der Waals surface area contributed by atoms with Gasteiger partial charge in [0.25, 0.3) is 5.91 Å². The maximum atomic E-state index is 11.8. The van der Waals surface area contributed by atoms with E-state index in [-0.39, 0.29) is 18.2 Å². The fourth-order valence-corrected chi connectivity index (χ4v) is 1.92. The zero-order valence-electron chi connectivity index (χ0n) is 13.0. The van der Waals surface area contributed by atoms with Crippen molar-refractivity contribution in [2.24, 2.45) is 5.10 Å². The van der Waals surface area contributed by atoms with Gasteiger partial charge >= 0.3 is 0 Å². The van der Waals surface area contributed by atoms with Crippen LogP contribution in [0.5, 0.6) is 11.5 Å². The Morgan fingerprint density at radius 2 is 1.87 bits per heavy atom. The van der Waals surface area contributed by atoms with Gasteiger partial charge in [-0.2, -0.15) is 5.10 Å². The molecular formula is C17H19N3O3. The number of nitrogens with one attached hydrogen (secondary N) is 2. The van der Waals surface area contributed by atoms with E-state index in [0.717, 1.165) is 11.3 Å². The van der Waals surface area contributed by atoms with Crippen molar-refractivity contribution in [2.75, 3.05) is 19.0 Å². The van der Waals surface area contributed by atoms with Crippen LogP contribution in [0.4, 0.5) is 5.69 Å². The van der Waals surface area contributed by atoms with Crippen LogP contribution >= 0.6 is 0 Å². The number of hydrogen-bond donors (Lipinski definition) is 3. The summed E-state index contributed by atoms with van der Waals surface area (Å²) in [7, 11) is 1.58. The van der Waals surface area contributed by atoms with Crippen molar-refractivity contribution in [1.82, 2.24) is 5.43 Å². The van der Waals surface area contributed by atoms with Crippen molar-refractivity contribution < 1.29 is 14.6 Å². The highest BCUT2D eigenvalue weighted by molar-refractivity contribution is 5.99. The van der Waals surface area contributed by atoms with E-state index in [1.165, 1.54) is 0 Å². The number of phenols is 1. The lowest BCUT2D eigenvalue weighted by Crippen LogP contribution is -2.26. The summed E-state index contributed by atoms with van der Waals surface area (Å²) in [5.41, 5.74) is 4.70. The number of nitrogens with zero attached hydrogens (tertiary/aromatic N) is 1. The van der Waals surface area contributed by atoms with Gasteiger partial charge in [-0.1, -0.05) is 12.1 Å². The summed E-state index contributed by atoms with van der Waals surface area (Å²) in [4.78, 5) is 11.8. The molecular weight excluding hydrogens is 294 g/mol. The molecule has 0 aliphatic carbocycles. The van der Waals surface area contributed by atoms with Gasteiger partial charge in [-0.15, -0.1) is 0 Å². The quantitative estimate of drug-likeness (QED) is 0.565. The maximum Gasteiger partial charge on any atom is 0.259 e. The molecule has 0 aliphatic rings. The van der Waals surface area contributed by atoms with Gasteiger partial charge in [0.1, 0.15) is 11.5 Å². The second-order valence-corrected chi connectivity index (χ2v) is 4.83. The Morgan fingerprint density at radius 3 is 2.57 bits per heavy atom. The van der Waals surface area contributed by atoms with Crippen molar-refractivity contribution >= 4 is 17.3 Å². The summed E-state index contributed by atoms with van der Waals surface area (Å²) in [6, 6.07) is 14.0. The smallest absolute Gasteiger partial charge is 0.259 e. The number of aromatic hydroxyl groups is 1. The van der Waals surface area contributed by atoms with Crippen LogP contribution in [0.1, 0.15) is 12.5 Å². The molecule has 1 amide bonds. The van der Waals surface area contributed by atoms with Gasteiger partial charge in [0.2, 0.25) is 0 Å². The molecule has 0 aromatic heterocycles. The molecule has 0 aliphatic heterocycles. The molecule has 23 heavy (non-hydrogen) atoms. The number of carbonyl (C=O) groups excluding carboxylic acids is 1. The number of carbonyl (C=O) groups is 1. The first-order valence-electron chi connectivity index (χ1n) is 7.09. The first-order chi connectivity index (χ1) is 11.1. The van der Waals surface area contributed by atoms with Crippen molar-refractivity contribution in [3.8, 4) is 11.5 Å². The summed E-state index contributed by atoms with van der Waals surface area (Å²) in [5, 5.41) is 16.3. The van der Waals surface area contributed by atoms with Crippen molar-refractivity contribution in [2.45, 2.75) is 6.92 Å². The summed E-state index contributed by atoms with van der Waals surface area (Å²) in [6.45, 7) is 1.85. The van der Waals surface area contributed by atoms with Crippen molar-refractivity contribution in [1.29, 1.82) is 0 Å². The van der Waals surface area contributed by atoms with Crippen molar-refractivity contribution in [3.63, 3.8) is 0 Å². The predicted octanol–water partition coefficient (Wildman–Crippen LogP) is 2.35. The molecule has 0 unspecified atom stereocenters. The Balaban J connectivity index is 1.89. The van der Waals surface area contributed by atoms with E-state index in [0.29, 0.717) is 11.5 Å². The van der Waals surface area contributed by atoms with Gasteiger partial charge < -0.3 is 15.2 Å². The Morgan fingerprint density at radius 1 is 1.17 bits per heavy atom. The largest absolute Gasteiger partial charge is 0.508 e. The van der Waals surface area contributed by atoms with Gasteiger partial charge in [0.05, 0.1) is 25.1 Å². The molecule has 0 saturated carbocycles. The third-order valence-corrected chi connectivity index (χ3v) is 3.18. The van der Waals surface area contributed by atoms with E-state index >= 15 is 0 Å². The maximum absolute atomic E-state index is 11.8. The molecule has 0 bridgehead atoms. The van der Waals surface area contributed by atoms with Crippen LogP contribution in [-0.2, 0) is 4.79 Å². The summed E-state index contributed by atoms with van der Waals surface area (Å²) < 4.78 is 5.20. The van der Waals surface area contributed by atoms with E-state index in [1.807, 2.05) is 24.3 Å². The number of hydrazone groups is 1. The van der Waals surface area contributed by atoms with Crippen LogP contribution in [0, 0.1) is 0 Å². The number of ether oxygens (including phenoxy) is 1. The fraction of sp³-hybridized carbons (Fsp3) is 0.176. The number of amides is 1. The number of anilines is 1. The fourth-order valence-electron chi connectivity index (χ4n) is 1.92. The van der Waals surface area contributed by atoms with Gasteiger partial charge in [-0.3, -0.25) is 4.79 Å². The van der Waals surface area contributed by atoms with E-state index in [2.05, 4.69) is 15.8 Å². The minimum atomic E-state index is -0.269. The van der Waals surface area contributed by atoms with E-state index < -0.39 is 0 Å². The molecule has 3 N–H and O–H groups in total. The molecule has 0 spiro atoms. The number of benzene rings is 2. The van der Waals surface area contributed by atoms with Crippen molar-refractivity contribution in [3.05, 3.63) is 54.1 Å². The molecule has 0 fully saturated rings. The molecule has 6 nitrogen and oxygen atoms in total. The van der Waals surface area contributed by atoms with Crippen LogP contribution in [0.25, 0.3) is 0 Å². The number of para-hydroxylation sites is 2. The average molecular weight is 313 g/mol. The highest BCUT2D eigenvalue weighted by atomic mass is 16.5. The normalized spacial score (nSPS) is 11.0. The minimum Gasteiger partial charge on any atom is -0.508 e. The lowest BCUT2D eigenvalue weighted by molar-refractivity contribution is -0.119. The van der Waals surface area contributed by atoms with Gasteiger partial charge in [0.15, 0.2) is 0 Å². The van der Waals surface area contributed by atoms with Crippen LogP contribution < -0.4 is 15.5 Å². The second-order valence-electron chi connectivity index (χ2n) is 4.83. The zero-order chi connectivity index (χ0) is 16.7. The monoisotopic (exact) mass is 313 g/mol. The standard InChI is InChI=1S/C17H19N3O3/c1-12(13-7-9-14(21)10-8-13)19-20-17(22)11-18-15-5-3-4-6-16(15)23-2/h3-10,18,21H,11H2,1-2H3,(H,20,22)/b19-12-. The predicted molar refractivity (Wildman–Crippen MR) is 89.9 cm³/mol. The molecule has 6 heteroatoms. The lowest BCUT2D eigenvalue weighted by Gasteiger charge is -2.10. The minimum absolute atomic E-state index is 0.0761. The topological polar surface area (TPSA) is 83.0 Å². The molecule has 2 rings (SSSR count). The Bertz CT molecular complexity index is 696. The third kappa shape index (κ3) is 4.74. The van der Waals surface area contributed by atoms with E-state index in [1.54, 1.807) is 38.3 Å². The average Bonchev–Trinajstić information content (AvgIpc) is 2.58. The molecule has 0 atom stereocenters. The number of methoxy groups -OCH3 is 1. The van der Waals surface area contributed by atoms with E-state index in [9.17, 15) is 9.90 Å². The molecule has 2 aromatic carbocycles. The highest BCUT2D eigenvalue weighted by Gasteiger charge is 2.05.